The van der Waals surface area contributed by atoms with Gasteiger partial charge in [-0.2, -0.15) is 0 Å². The van der Waals surface area contributed by atoms with Crippen molar-refractivity contribution in [1.82, 2.24) is 0 Å². The number of unbranched alkanes of at least 4 members (excludes halogenated alkanes) is 5. The normalized spacial score (nSPS) is 9.69. The molecule has 0 atom stereocenters. The van der Waals surface area contributed by atoms with Gasteiger partial charge < -0.3 is 14.4 Å². The van der Waals surface area contributed by atoms with Gasteiger partial charge in [0.05, 0.1) is 0 Å². The van der Waals surface area contributed by atoms with Crippen molar-refractivity contribution in [3.63, 3.8) is 0 Å². The van der Waals surface area contributed by atoms with E-state index >= 15 is 0 Å². The van der Waals surface area contributed by atoms with E-state index in [4.69, 9.17) is 30.4 Å². The maximum absolute atomic E-state index is 8.52. The Kier molecular flexibility index (Phi) is 18.8. The Balaban J connectivity index is 0. The molecule has 0 unspecified atom stereocenters. The summed E-state index contributed by atoms with van der Waals surface area (Å²) in [7, 11) is -3.63. The van der Waals surface area contributed by atoms with Gasteiger partial charge in [0, 0.05) is 0 Å². The topological polar surface area (TPSA) is 63.2 Å². The Bertz CT molecular complexity index is 102. The minimum Gasteiger partial charge on any atom is -0.813 e. The predicted molar refractivity (Wildman–Crippen MR) is 47.2 cm³/mol. The van der Waals surface area contributed by atoms with Crippen LogP contribution >= 0.6 is 8.25 Å². The van der Waals surface area contributed by atoms with Gasteiger partial charge >= 0.3 is 66.8 Å². The van der Waals surface area contributed by atoms with Gasteiger partial charge in [0.1, 0.15) is 0 Å². The Morgan fingerprint density at radius 3 is 1.85 bits per heavy atom. The van der Waals surface area contributed by atoms with Gasteiger partial charge in [-0.25, -0.2) is 0 Å². The third-order valence-corrected chi connectivity index (χ3v) is 1.79. The summed E-state index contributed by atoms with van der Waals surface area (Å²) in [5.41, 5.74) is 0. The van der Waals surface area contributed by atoms with Crippen LogP contribution in [0.2, 0.25) is 5.32 Å². The van der Waals surface area contributed by atoms with Gasteiger partial charge in [-0.05, 0) is 0 Å². The van der Waals surface area contributed by atoms with Crippen LogP contribution in [0.5, 0.6) is 0 Å². The molecule has 0 aliphatic rings. The molecule has 0 spiro atoms. The fourth-order valence-electron chi connectivity index (χ4n) is 0.856. The molecule has 0 aliphatic carbocycles. The number of hydrogen-bond donors (Lipinski definition) is 0. The first-order chi connectivity index (χ1) is 6.15. The first-order valence-corrected chi connectivity index (χ1v) is 6.42. The van der Waals surface area contributed by atoms with Gasteiger partial charge in [0.25, 0.3) is 0 Å². The molecule has 0 aromatic heterocycles. The molecular weight excluding hydrogens is 239 g/mol. The molecule has 0 rings (SSSR count). The van der Waals surface area contributed by atoms with E-state index in [0.29, 0.717) is 0 Å². The van der Waals surface area contributed by atoms with E-state index in [9.17, 15) is 0 Å². The maximum Gasteiger partial charge on any atom is -0.0813 e. The van der Waals surface area contributed by atoms with Crippen LogP contribution in [-0.4, -0.2) is 0 Å². The van der Waals surface area contributed by atoms with E-state index < -0.39 is 8.25 Å². The van der Waals surface area contributed by atoms with Crippen LogP contribution in [0.4, 0.5) is 0 Å². The van der Waals surface area contributed by atoms with Crippen LogP contribution in [0, 0.1) is 0 Å². The van der Waals surface area contributed by atoms with E-state index in [1.807, 2.05) is 0 Å². The van der Waals surface area contributed by atoms with Crippen molar-refractivity contribution in [3.8, 4) is 0 Å². The smallest absolute Gasteiger partial charge is 0.0813 e. The molecule has 13 heavy (non-hydrogen) atoms. The maximum atomic E-state index is 8.52. The summed E-state index contributed by atoms with van der Waals surface area (Å²) in [6.07, 6.45) is 8.12. The van der Waals surface area contributed by atoms with Crippen molar-refractivity contribution < 1.29 is 30.4 Å². The van der Waals surface area contributed by atoms with Crippen molar-refractivity contribution in [2.24, 2.45) is 0 Å². The van der Waals surface area contributed by atoms with Gasteiger partial charge in [0.15, 0.2) is 0 Å². The van der Waals surface area contributed by atoms with E-state index in [2.05, 4.69) is 6.92 Å². The number of hydrogen-bond acceptors (Lipinski definition) is 3. The molecular formula is C8H18CuO3P. The van der Waals surface area contributed by atoms with Crippen molar-refractivity contribution in [3.05, 3.63) is 0 Å². The summed E-state index contributed by atoms with van der Waals surface area (Å²) >= 11 is 4.96. The van der Waals surface area contributed by atoms with Gasteiger partial charge in [-0.15, -0.1) is 0 Å². The summed E-state index contributed by atoms with van der Waals surface area (Å²) in [5, 5.41) is 0.930. The Morgan fingerprint density at radius 2 is 1.46 bits per heavy atom. The Labute approximate surface area is 89.7 Å². The van der Waals surface area contributed by atoms with Crippen LogP contribution < -0.4 is 9.79 Å². The molecule has 0 aromatic carbocycles. The van der Waals surface area contributed by atoms with E-state index in [0.717, 1.165) is 5.32 Å². The van der Waals surface area contributed by atoms with E-state index in [1.165, 1.54) is 38.5 Å². The fraction of sp³-hybridized carbons (Fsp3) is 1.00. The fourth-order valence-corrected chi connectivity index (χ4v) is 1.09. The quantitative estimate of drug-likeness (QED) is 0.410. The minimum atomic E-state index is -3.63. The summed E-state index contributed by atoms with van der Waals surface area (Å²) in [6.45, 7) is 2.24. The zero-order valence-corrected chi connectivity index (χ0v) is 9.92. The molecule has 0 radical (unpaired) electrons. The molecule has 0 amide bonds. The average Bonchev–Trinajstić information content (AvgIpc) is 2.03. The zero-order valence-electron chi connectivity index (χ0n) is 7.98. The van der Waals surface area contributed by atoms with Crippen LogP contribution in [-0.2, 0) is 20.6 Å². The first kappa shape index (κ1) is 16.1. The van der Waals surface area contributed by atoms with Crippen molar-refractivity contribution in [1.29, 1.82) is 0 Å². The number of rotatable bonds is 6. The van der Waals surface area contributed by atoms with Gasteiger partial charge in [0.2, 0.25) is 0 Å². The summed E-state index contributed by atoms with van der Waals surface area (Å²) < 4.78 is 8.52. The van der Waals surface area contributed by atoms with Crippen LogP contribution in [0.25, 0.3) is 0 Å². The molecule has 0 aliphatic heterocycles. The summed E-state index contributed by atoms with van der Waals surface area (Å²) in [4.78, 5) is 17.0. The molecule has 0 fully saturated rings. The monoisotopic (exact) mass is 256 g/mol. The van der Waals surface area contributed by atoms with E-state index in [-0.39, 0.29) is 0 Å². The predicted octanol–water partition coefficient (Wildman–Crippen LogP) is 1.41. The van der Waals surface area contributed by atoms with E-state index in [1.54, 1.807) is 0 Å². The van der Waals surface area contributed by atoms with Crippen molar-refractivity contribution in [2.45, 2.75) is 50.8 Å². The molecule has 0 N–H and O–H groups in total. The largest absolute Gasteiger partial charge is 0.813 e. The molecule has 0 saturated heterocycles. The summed E-state index contributed by atoms with van der Waals surface area (Å²) in [5.74, 6) is 0. The SMILES string of the molecule is CCCCCCC[CH2][Cu+2].O=[PH]([O-])[O-]. The van der Waals surface area contributed by atoms with Crippen LogP contribution in [0.3, 0.4) is 0 Å². The molecule has 0 bridgehead atoms. The molecule has 0 saturated carbocycles. The zero-order chi connectivity index (χ0) is 10.5. The second kappa shape index (κ2) is 15.2. The van der Waals surface area contributed by atoms with Crippen LogP contribution in [0.15, 0.2) is 0 Å². The van der Waals surface area contributed by atoms with Gasteiger partial charge in [-0.1, -0.05) is 8.25 Å². The van der Waals surface area contributed by atoms with Crippen molar-refractivity contribution in [2.75, 3.05) is 0 Å². The third-order valence-electron chi connectivity index (χ3n) is 1.46. The molecule has 5 heteroatoms. The second-order valence-electron chi connectivity index (χ2n) is 2.67. The third kappa shape index (κ3) is 32.4. The Morgan fingerprint density at radius 1 is 1.08 bits per heavy atom. The first-order valence-electron chi connectivity index (χ1n) is 4.53. The summed E-state index contributed by atoms with van der Waals surface area (Å²) in [6, 6.07) is 0. The second-order valence-corrected chi connectivity index (χ2v) is 3.64. The van der Waals surface area contributed by atoms with Gasteiger partial charge in [-0.3, -0.25) is 0 Å². The van der Waals surface area contributed by atoms with Crippen molar-refractivity contribution >= 4 is 8.25 Å². The molecule has 0 heterocycles. The Hall–Kier alpha value is 0.669. The molecule has 84 valence electrons. The standard InChI is InChI=1S/C8H17.Cu.H3O3P/c1-3-5-7-8-6-4-2;;1-4(2)3/h1,3-8H2,2H3;;4H,(H2,1,2,3)/q;+2;/p-2. The molecule has 3 nitrogen and oxygen atoms in total. The van der Waals surface area contributed by atoms with Crippen LogP contribution in [0.1, 0.15) is 45.4 Å². The average molecular weight is 257 g/mol. The molecule has 0 aromatic rings. The minimum absolute atomic E-state index is 0.930.